The second kappa shape index (κ2) is 6.38. The molecule has 1 aromatic carbocycles. The molecular weight excluding hydrogens is 354 g/mol. The van der Waals surface area contributed by atoms with Gasteiger partial charge in [-0.1, -0.05) is 17.3 Å². The van der Waals surface area contributed by atoms with E-state index in [1.807, 2.05) is 32.0 Å². The van der Waals surface area contributed by atoms with Gasteiger partial charge in [-0.05, 0) is 31.5 Å². The normalized spacial score (nSPS) is 11.3. The molecule has 0 spiro atoms. The Balaban J connectivity index is 1.49. The molecule has 0 bridgehead atoms. The molecule has 0 amide bonds. The molecule has 0 aliphatic carbocycles. The van der Waals surface area contributed by atoms with Gasteiger partial charge in [-0.25, -0.2) is 4.98 Å². The highest BCUT2D eigenvalue weighted by atomic mass is 32.1. The number of para-hydroxylation sites is 1. The van der Waals surface area contributed by atoms with Gasteiger partial charge in [-0.15, -0.1) is 11.3 Å². The average molecular weight is 369 g/mol. The lowest BCUT2D eigenvalue weighted by molar-refractivity contribution is -0.144. The van der Waals surface area contributed by atoms with Crippen molar-refractivity contribution in [3.05, 3.63) is 56.6 Å². The second-order valence-corrected chi connectivity index (χ2v) is 7.14. The van der Waals surface area contributed by atoms with E-state index in [9.17, 15) is 9.59 Å². The minimum Gasteiger partial charge on any atom is -0.457 e. The summed E-state index contributed by atoms with van der Waals surface area (Å²) in [6.45, 7) is 3.74. The van der Waals surface area contributed by atoms with Crippen LogP contribution in [-0.4, -0.2) is 21.1 Å². The maximum Gasteiger partial charge on any atom is 0.312 e. The number of nitrogens with one attached hydrogen (secondary N) is 1. The van der Waals surface area contributed by atoms with Gasteiger partial charge >= 0.3 is 5.97 Å². The maximum atomic E-state index is 12.2. The van der Waals surface area contributed by atoms with E-state index in [0.29, 0.717) is 27.3 Å². The minimum absolute atomic E-state index is 0.0132. The molecule has 1 N–H and O–H groups in total. The van der Waals surface area contributed by atoms with Crippen molar-refractivity contribution in [2.75, 3.05) is 0 Å². The van der Waals surface area contributed by atoms with E-state index in [-0.39, 0.29) is 18.6 Å². The van der Waals surface area contributed by atoms with Crippen LogP contribution in [0.4, 0.5) is 0 Å². The molecule has 0 atom stereocenters. The molecule has 0 aliphatic heterocycles. The van der Waals surface area contributed by atoms with Crippen LogP contribution in [-0.2, 0) is 22.6 Å². The number of aryl methyl sites for hydroxylation is 2. The highest BCUT2D eigenvalue weighted by Crippen LogP contribution is 2.25. The third-order valence-corrected chi connectivity index (χ3v) is 5.32. The number of fused-ring (bicyclic) bond motifs is 2. The molecule has 4 aromatic rings. The summed E-state index contributed by atoms with van der Waals surface area (Å²) in [5, 5.41) is 5.28. The van der Waals surface area contributed by atoms with E-state index in [1.54, 1.807) is 6.07 Å². The van der Waals surface area contributed by atoms with Crippen LogP contribution in [0.25, 0.3) is 21.2 Å². The topological polar surface area (TPSA) is 98.1 Å². The number of carbonyl (C=O) groups is 1. The molecule has 7 nitrogen and oxygen atoms in total. The van der Waals surface area contributed by atoms with Gasteiger partial charge in [0.15, 0.2) is 5.58 Å². The number of rotatable bonds is 4. The summed E-state index contributed by atoms with van der Waals surface area (Å²) in [6, 6.07) is 7.31. The molecule has 0 radical (unpaired) electrons. The van der Waals surface area contributed by atoms with E-state index in [1.165, 1.54) is 11.3 Å². The van der Waals surface area contributed by atoms with Gasteiger partial charge in [-0.2, -0.15) is 0 Å². The predicted octanol–water partition coefficient (Wildman–Crippen LogP) is 3.03. The fourth-order valence-electron chi connectivity index (χ4n) is 2.77. The highest BCUT2D eigenvalue weighted by molar-refractivity contribution is 7.18. The lowest BCUT2D eigenvalue weighted by Crippen LogP contribution is -2.15. The monoisotopic (exact) mass is 369 g/mol. The first kappa shape index (κ1) is 16.5. The molecule has 0 saturated heterocycles. The number of esters is 1. The first-order valence-corrected chi connectivity index (χ1v) is 8.82. The molecule has 0 unspecified atom stereocenters. The number of hydrogen-bond acceptors (Lipinski definition) is 7. The van der Waals surface area contributed by atoms with Gasteiger partial charge in [0.05, 0.1) is 11.8 Å². The molecule has 3 heterocycles. The Labute approximate surface area is 151 Å². The maximum absolute atomic E-state index is 12.2. The Morgan fingerprint density at radius 3 is 2.96 bits per heavy atom. The van der Waals surface area contributed by atoms with Crippen molar-refractivity contribution >= 4 is 38.5 Å². The van der Waals surface area contributed by atoms with Crippen molar-refractivity contribution in [2.45, 2.75) is 26.9 Å². The summed E-state index contributed by atoms with van der Waals surface area (Å²) in [5.41, 5.74) is 1.85. The summed E-state index contributed by atoms with van der Waals surface area (Å²) < 4.78 is 10.4. The second-order valence-electron chi connectivity index (χ2n) is 5.94. The molecule has 0 saturated carbocycles. The molecule has 8 heteroatoms. The fraction of sp³-hybridized carbons (Fsp3) is 0.222. The molecule has 3 aromatic heterocycles. The standard InChI is InChI=1S/C18H15N3O4S/c1-9-10(2)26-18-16(9)17(23)19-14(20-18)8-24-15(22)7-12-11-5-3-4-6-13(11)25-21-12/h3-6H,7-8H2,1-2H3,(H,19,20,23). The zero-order valence-electron chi connectivity index (χ0n) is 14.2. The lowest BCUT2D eigenvalue weighted by Gasteiger charge is -2.03. The van der Waals surface area contributed by atoms with Crippen LogP contribution < -0.4 is 5.56 Å². The molecular formula is C18H15N3O4S. The summed E-state index contributed by atoms with van der Waals surface area (Å²) in [5.74, 6) is -0.146. The highest BCUT2D eigenvalue weighted by Gasteiger charge is 2.15. The van der Waals surface area contributed by atoms with Crippen molar-refractivity contribution < 1.29 is 14.1 Å². The van der Waals surface area contributed by atoms with Crippen LogP contribution in [0.1, 0.15) is 22.0 Å². The number of carbonyl (C=O) groups excluding carboxylic acids is 1. The first-order valence-electron chi connectivity index (χ1n) is 8.00. The Kier molecular flexibility index (Phi) is 4.04. The number of thiophene rings is 1. The van der Waals surface area contributed by atoms with Crippen LogP contribution in [0.15, 0.2) is 33.6 Å². The third kappa shape index (κ3) is 2.88. The van der Waals surface area contributed by atoms with Gasteiger partial charge in [0.25, 0.3) is 5.56 Å². The summed E-state index contributed by atoms with van der Waals surface area (Å²) in [4.78, 5) is 33.1. The Morgan fingerprint density at radius 1 is 1.31 bits per heavy atom. The van der Waals surface area contributed by atoms with Crippen molar-refractivity contribution in [3.8, 4) is 0 Å². The van der Waals surface area contributed by atoms with Crippen LogP contribution in [0.5, 0.6) is 0 Å². The Morgan fingerprint density at radius 2 is 2.12 bits per heavy atom. The molecule has 4 rings (SSSR count). The molecule has 0 aliphatic rings. The largest absolute Gasteiger partial charge is 0.457 e. The summed E-state index contributed by atoms with van der Waals surface area (Å²) in [7, 11) is 0. The minimum atomic E-state index is -0.467. The Hall–Kier alpha value is -3.00. The van der Waals surface area contributed by atoms with Crippen molar-refractivity contribution in [1.29, 1.82) is 0 Å². The van der Waals surface area contributed by atoms with E-state index in [2.05, 4.69) is 15.1 Å². The van der Waals surface area contributed by atoms with E-state index in [0.717, 1.165) is 15.8 Å². The van der Waals surface area contributed by atoms with Gasteiger partial charge in [0, 0.05) is 10.3 Å². The predicted molar refractivity (Wildman–Crippen MR) is 97.2 cm³/mol. The van der Waals surface area contributed by atoms with Gasteiger partial charge in [-0.3, -0.25) is 9.59 Å². The molecule has 0 fully saturated rings. The molecule has 132 valence electrons. The van der Waals surface area contributed by atoms with Crippen LogP contribution in [0, 0.1) is 13.8 Å². The number of hydrogen-bond donors (Lipinski definition) is 1. The van der Waals surface area contributed by atoms with Crippen molar-refractivity contribution in [2.24, 2.45) is 0 Å². The summed E-state index contributed by atoms with van der Waals surface area (Å²) in [6.07, 6.45) is -0.0132. The van der Waals surface area contributed by atoms with Crippen molar-refractivity contribution in [1.82, 2.24) is 15.1 Å². The zero-order chi connectivity index (χ0) is 18.3. The van der Waals surface area contributed by atoms with Gasteiger partial charge in [0.2, 0.25) is 0 Å². The number of aromatic nitrogens is 3. The van der Waals surface area contributed by atoms with Crippen LogP contribution in [0.2, 0.25) is 0 Å². The summed E-state index contributed by atoms with van der Waals surface area (Å²) >= 11 is 1.45. The Bertz CT molecular complexity index is 1190. The zero-order valence-corrected chi connectivity index (χ0v) is 15.0. The third-order valence-electron chi connectivity index (χ3n) is 4.22. The number of benzene rings is 1. The van der Waals surface area contributed by atoms with Crippen molar-refractivity contribution in [3.63, 3.8) is 0 Å². The van der Waals surface area contributed by atoms with Crippen LogP contribution >= 0.6 is 11.3 Å². The number of H-pyrrole nitrogens is 1. The SMILES string of the molecule is Cc1sc2nc(COC(=O)Cc3noc4ccccc34)[nH]c(=O)c2c1C. The van der Waals surface area contributed by atoms with Crippen LogP contribution in [0.3, 0.4) is 0 Å². The number of aromatic amines is 1. The van der Waals surface area contributed by atoms with E-state index >= 15 is 0 Å². The van der Waals surface area contributed by atoms with E-state index < -0.39 is 5.97 Å². The fourth-order valence-corrected chi connectivity index (χ4v) is 3.82. The first-order chi connectivity index (χ1) is 12.5. The molecule has 26 heavy (non-hydrogen) atoms. The number of ether oxygens (including phenoxy) is 1. The lowest BCUT2D eigenvalue weighted by atomic mass is 10.2. The smallest absolute Gasteiger partial charge is 0.312 e. The average Bonchev–Trinajstić information content (AvgIpc) is 3.15. The van der Waals surface area contributed by atoms with E-state index in [4.69, 9.17) is 9.26 Å². The quantitative estimate of drug-likeness (QED) is 0.555. The van der Waals surface area contributed by atoms with Gasteiger partial charge < -0.3 is 14.2 Å². The van der Waals surface area contributed by atoms with Gasteiger partial charge in [0.1, 0.15) is 23.0 Å². The number of nitrogens with zero attached hydrogens (tertiary/aromatic N) is 2.